The van der Waals surface area contributed by atoms with Gasteiger partial charge in [0.15, 0.2) is 16.8 Å². The van der Waals surface area contributed by atoms with Gasteiger partial charge in [0.25, 0.3) is 5.56 Å². The zero-order valence-electron chi connectivity index (χ0n) is 18.7. The Kier molecular flexibility index (Phi) is 5.45. The number of benzene rings is 2. The number of ketones is 1. The molecule has 0 aliphatic carbocycles. The third kappa shape index (κ3) is 3.72. The number of fused-ring (bicyclic) bond motifs is 4. The van der Waals surface area contributed by atoms with Crippen LogP contribution in [-0.4, -0.2) is 37.5 Å². The standard InChI is InChI=1S/C26H24N4O3S/c31-21(17-10-11-22-18(15-17)12-14-33-22)16-34-26-27-24-23(20-9-5-2-6-13-29(20)26)25(32)30(28-24)19-7-3-1-4-8-19/h1,3-4,7-8,10-11,15H,2,5-6,9,12-14,16H2. The molecule has 0 fully saturated rings. The maximum absolute atomic E-state index is 13.3. The van der Waals surface area contributed by atoms with Gasteiger partial charge in [0.2, 0.25) is 0 Å². The molecule has 0 saturated heterocycles. The minimum Gasteiger partial charge on any atom is -0.493 e. The molecule has 2 aromatic carbocycles. The number of hydrogen-bond acceptors (Lipinski definition) is 6. The van der Waals surface area contributed by atoms with E-state index in [1.54, 1.807) is 0 Å². The number of nitrogens with zero attached hydrogens (tertiary/aromatic N) is 4. The van der Waals surface area contributed by atoms with E-state index in [9.17, 15) is 9.59 Å². The van der Waals surface area contributed by atoms with E-state index in [0.717, 1.165) is 66.5 Å². The molecular weight excluding hydrogens is 448 g/mol. The lowest BCUT2D eigenvalue weighted by Gasteiger charge is -2.17. The zero-order chi connectivity index (χ0) is 23.1. The Morgan fingerprint density at radius 1 is 1.06 bits per heavy atom. The lowest BCUT2D eigenvalue weighted by Crippen LogP contribution is -2.19. The Morgan fingerprint density at radius 3 is 2.82 bits per heavy atom. The van der Waals surface area contributed by atoms with E-state index in [1.165, 1.54) is 16.4 Å². The first-order valence-corrected chi connectivity index (χ1v) is 12.7. The van der Waals surface area contributed by atoms with E-state index >= 15 is 0 Å². The predicted octanol–water partition coefficient (Wildman–Crippen LogP) is 4.17. The quantitative estimate of drug-likeness (QED) is 0.246. The summed E-state index contributed by atoms with van der Waals surface area (Å²) in [5.41, 5.74) is 3.96. The Hall–Kier alpha value is -3.39. The molecule has 34 heavy (non-hydrogen) atoms. The second-order valence-corrected chi connectivity index (χ2v) is 9.63. The monoisotopic (exact) mass is 472 g/mol. The van der Waals surface area contributed by atoms with Gasteiger partial charge in [-0.05, 0) is 55.2 Å². The number of Topliss-reactive ketones (excluding diaryl/α,β-unsaturated/α-hetero) is 1. The fourth-order valence-electron chi connectivity index (χ4n) is 4.78. The lowest BCUT2D eigenvalue weighted by atomic mass is 10.1. The summed E-state index contributed by atoms with van der Waals surface area (Å²) in [4.78, 5) is 31.1. The molecule has 0 amide bonds. The molecule has 0 spiro atoms. The molecule has 4 aliphatic rings. The van der Waals surface area contributed by atoms with Crippen LogP contribution >= 0.6 is 11.8 Å². The first-order valence-electron chi connectivity index (χ1n) is 11.7. The summed E-state index contributed by atoms with van der Waals surface area (Å²) in [6, 6.07) is 15.1. The molecule has 0 radical (unpaired) electrons. The van der Waals surface area contributed by atoms with Crippen LogP contribution < -0.4 is 10.3 Å². The number of carbonyl (C=O) groups excluding carboxylic acids is 1. The number of rotatable bonds is 5. The van der Waals surface area contributed by atoms with Crippen LogP contribution in [0, 0.1) is 0 Å². The number of para-hydroxylation sites is 1. The second-order valence-electron chi connectivity index (χ2n) is 8.69. The average molecular weight is 473 g/mol. The summed E-state index contributed by atoms with van der Waals surface area (Å²) in [5, 5.41) is 5.32. The van der Waals surface area contributed by atoms with Gasteiger partial charge in [0.05, 0.1) is 18.0 Å². The van der Waals surface area contributed by atoms with Crippen LogP contribution in [0.25, 0.3) is 17.1 Å². The van der Waals surface area contributed by atoms with E-state index in [2.05, 4.69) is 9.67 Å². The molecule has 4 heterocycles. The predicted molar refractivity (Wildman–Crippen MR) is 130 cm³/mol. The summed E-state index contributed by atoms with van der Waals surface area (Å²) >= 11 is 1.43. The van der Waals surface area contributed by atoms with Gasteiger partial charge < -0.3 is 9.30 Å². The van der Waals surface area contributed by atoms with Crippen molar-refractivity contribution in [3.63, 3.8) is 0 Å². The first-order chi connectivity index (χ1) is 16.7. The maximum atomic E-state index is 13.3. The van der Waals surface area contributed by atoms with Crippen molar-refractivity contribution in [2.75, 3.05) is 12.4 Å². The fraction of sp³-hybridized carbons (Fsp3) is 0.308. The summed E-state index contributed by atoms with van der Waals surface area (Å²) in [5.74, 6) is 1.66. The topological polar surface area (TPSA) is 79.0 Å². The highest BCUT2D eigenvalue weighted by Crippen LogP contribution is 2.31. The molecule has 0 atom stereocenters. The molecule has 0 bridgehead atoms. The van der Waals surface area contributed by atoms with Gasteiger partial charge in [-0.25, -0.2) is 4.98 Å². The van der Waals surface area contributed by atoms with Crippen molar-refractivity contribution in [3.8, 4) is 22.8 Å². The molecular formula is C26H24N4O3S. The minimum atomic E-state index is -0.132. The first kappa shape index (κ1) is 21.2. The Bertz CT molecular complexity index is 1410. The van der Waals surface area contributed by atoms with Crippen LogP contribution in [0.15, 0.2) is 58.5 Å². The van der Waals surface area contributed by atoms with Crippen LogP contribution in [0.1, 0.15) is 40.9 Å². The fourth-order valence-corrected chi connectivity index (χ4v) is 5.72. The van der Waals surface area contributed by atoms with Crippen molar-refractivity contribution in [2.24, 2.45) is 0 Å². The normalized spacial score (nSPS) is 14.9. The van der Waals surface area contributed by atoms with Crippen molar-refractivity contribution in [2.45, 2.75) is 43.8 Å². The summed E-state index contributed by atoms with van der Waals surface area (Å²) in [6.07, 6.45) is 4.80. The van der Waals surface area contributed by atoms with Crippen LogP contribution in [0.2, 0.25) is 0 Å². The molecule has 6 rings (SSSR count). The van der Waals surface area contributed by atoms with E-state index < -0.39 is 0 Å². The smallest absolute Gasteiger partial charge is 0.284 e. The third-order valence-corrected chi connectivity index (χ3v) is 7.49. The Balaban J connectivity index is 1.36. The van der Waals surface area contributed by atoms with Crippen LogP contribution in [0.3, 0.4) is 0 Å². The van der Waals surface area contributed by atoms with Crippen LogP contribution in [-0.2, 0) is 19.4 Å². The van der Waals surface area contributed by atoms with Gasteiger partial charge >= 0.3 is 0 Å². The molecule has 2 aromatic rings. The Morgan fingerprint density at radius 2 is 1.94 bits per heavy atom. The molecule has 0 N–H and O–H groups in total. The second kappa shape index (κ2) is 8.76. The highest BCUT2D eigenvalue weighted by molar-refractivity contribution is 7.99. The van der Waals surface area contributed by atoms with Gasteiger partial charge in [0, 0.05) is 24.2 Å². The van der Waals surface area contributed by atoms with Crippen molar-refractivity contribution < 1.29 is 9.53 Å². The summed E-state index contributed by atoms with van der Waals surface area (Å²) in [6.45, 7) is 1.46. The molecule has 0 unspecified atom stereocenters. The van der Waals surface area contributed by atoms with Crippen molar-refractivity contribution in [3.05, 3.63) is 75.7 Å². The van der Waals surface area contributed by atoms with Crippen molar-refractivity contribution in [1.29, 1.82) is 0 Å². The largest absolute Gasteiger partial charge is 0.493 e. The van der Waals surface area contributed by atoms with Gasteiger partial charge in [-0.3, -0.25) is 9.59 Å². The molecule has 172 valence electrons. The SMILES string of the molecule is O=C(CSc1nc2nn(-c3ccccc3)c(=O)c-2c2n1CCCCC2)c1ccc2c(c1)CCO2. The number of thioether (sulfide) groups is 1. The molecule has 0 aromatic heterocycles. The average Bonchev–Trinajstić information content (AvgIpc) is 3.38. The summed E-state index contributed by atoms with van der Waals surface area (Å²) < 4.78 is 9.14. The third-order valence-electron chi connectivity index (χ3n) is 6.51. The molecule has 4 aliphatic heterocycles. The van der Waals surface area contributed by atoms with Gasteiger partial charge in [-0.2, -0.15) is 4.68 Å². The van der Waals surface area contributed by atoms with E-state index in [-0.39, 0.29) is 17.1 Å². The highest BCUT2D eigenvalue weighted by Gasteiger charge is 2.27. The molecule has 0 saturated carbocycles. The molecule has 7 nitrogen and oxygen atoms in total. The van der Waals surface area contributed by atoms with Crippen LogP contribution in [0.5, 0.6) is 5.75 Å². The number of aromatic nitrogens is 4. The van der Waals surface area contributed by atoms with E-state index in [4.69, 9.17) is 9.72 Å². The van der Waals surface area contributed by atoms with Crippen molar-refractivity contribution in [1.82, 2.24) is 19.3 Å². The number of carbonyl (C=O) groups is 1. The molecule has 8 heteroatoms. The van der Waals surface area contributed by atoms with Crippen molar-refractivity contribution >= 4 is 17.5 Å². The number of hydrogen-bond donors (Lipinski definition) is 0. The highest BCUT2D eigenvalue weighted by atomic mass is 32.2. The van der Waals surface area contributed by atoms with E-state index in [1.807, 2.05) is 48.5 Å². The van der Waals surface area contributed by atoms with Crippen LogP contribution in [0.4, 0.5) is 0 Å². The number of ether oxygens (including phenoxy) is 1. The lowest BCUT2D eigenvalue weighted by molar-refractivity contribution is 0.102. The minimum absolute atomic E-state index is 0.0592. The summed E-state index contributed by atoms with van der Waals surface area (Å²) in [7, 11) is 0. The van der Waals surface area contributed by atoms with Gasteiger partial charge in [0.1, 0.15) is 11.3 Å². The Labute approximate surface area is 201 Å². The van der Waals surface area contributed by atoms with E-state index in [0.29, 0.717) is 23.6 Å². The maximum Gasteiger partial charge on any atom is 0.284 e. The van der Waals surface area contributed by atoms with Gasteiger partial charge in [-0.1, -0.05) is 36.4 Å². The zero-order valence-corrected chi connectivity index (χ0v) is 19.5. The van der Waals surface area contributed by atoms with Gasteiger partial charge in [-0.15, -0.1) is 5.10 Å².